The number of nitrogens with one attached hydrogen (secondary N) is 2. The van der Waals surface area contributed by atoms with Crippen molar-refractivity contribution in [2.24, 2.45) is 5.92 Å². The zero-order chi connectivity index (χ0) is 22.5. The summed E-state index contributed by atoms with van der Waals surface area (Å²) in [5.74, 6) is -0.928. The van der Waals surface area contributed by atoms with Gasteiger partial charge in [-0.05, 0) is 54.1 Å². The van der Waals surface area contributed by atoms with E-state index in [1.165, 1.54) is 0 Å². The molecule has 0 radical (unpaired) electrons. The van der Waals surface area contributed by atoms with Crippen LogP contribution in [0.25, 0.3) is 0 Å². The van der Waals surface area contributed by atoms with Crippen molar-refractivity contribution in [2.45, 2.75) is 13.0 Å². The Morgan fingerprint density at radius 3 is 2.56 bits per heavy atom. The van der Waals surface area contributed by atoms with Gasteiger partial charge in [-0.1, -0.05) is 23.7 Å². The lowest BCUT2D eigenvalue weighted by Crippen LogP contribution is -2.32. The highest BCUT2D eigenvalue weighted by atomic mass is 35.5. The Kier molecular flexibility index (Phi) is 6.47. The van der Waals surface area contributed by atoms with Crippen LogP contribution in [0.5, 0.6) is 0 Å². The van der Waals surface area contributed by atoms with Crippen molar-refractivity contribution in [3.63, 3.8) is 0 Å². The van der Waals surface area contributed by atoms with E-state index < -0.39 is 5.92 Å². The van der Waals surface area contributed by atoms with Crippen LogP contribution in [0.15, 0.2) is 73.1 Å². The van der Waals surface area contributed by atoms with Gasteiger partial charge in [0.25, 0.3) is 5.91 Å². The fraction of sp³-hybridized carbons (Fsp3) is 0.167. The Morgan fingerprint density at radius 1 is 1.06 bits per heavy atom. The highest BCUT2D eigenvalue weighted by Crippen LogP contribution is 2.26. The molecule has 7 nitrogen and oxygen atoms in total. The summed E-state index contributed by atoms with van der Waals surface area (Å²) in [6, 6.07) is 17.5. The van der Waals surface area contributed by atoms with Crippen LogP contribution in [-0.2, 0) is 16.1 Å². The van der Waals surface area contributed by atoms with Gasteiger partial charge in [-0.25, -0.2) is 0 Å². The Balaban J connectivity index is 1.33. The molecule has 1 saturated heterocycles. The summed E-state index contributed by atoms with van der Waals surface area (Å²) in [5.41, 5.74) is 2.70. The van der Waals surface area contributed by atoms with E-state index in [1.54, 1.807) is 65.8 Å². The van der Waals surface area contributed by atoms with Gasteiger partial charge in [-0.15, -0.1) is 0 Å². The first kappa shape index (κ1) is 21.5. The number of hydrogen-bond donors (Lipinski definition) is 2. The second-order valence-corrected chi connectivity index (χ2v) is 7.93. The maximum absolute atomic E-state index is 12.7. The maximum Gasteiger partial charge on any atom is 0.255 e. The second-order valence-electron chi connectivity index (χ2n) is 7.49. The van der Waals surface area contributed by atoms with Crippen molar-refractivity contribution in [1.29, 1.82) is 0 Å². The average Bonchev–Trinajstić information content (AvgIpc) is 3.20. The van der Waals surface area contributed by atoms with Crippen LogP contribution in [0.1, 0.15) is 22.3 Å². The highest BCUT2D eigenvalue weighted by molar-refractivity contribution is 6.30. The van der Waals surface area contributed by atoms with Crippen LogP contribution in [0.2, 0.25) is 5.02 Å². The van der Waals surface area contributed by atoms with Gasteiger partial charge in [0.1, 0.15) is 0 Å². The van der Waals surface area contributed by atoms with E-state index in [-0.39, 0.29) is 24.1 Å². The maximum atomic E-state index is 12.7. The van der Waals surface area contributed by atoms with E-state index in [0.717, 1.165) is 11.3 Å². The van der Waals surface area contributed by atoms with E-state index >= 15 is 0 Å². The Hall–Kier alpha value is -3.71. The van der Waals surface area contributed by atoms with Crippen molar-refractivity contribution < 1.29 is 14.4 Å². The zero-order valence-corrected chi connectivity index (χ0v) is 17.9. The minimum atomic E-state index is -0.423. The smallest absolute Gasteiger partial charge is 0.255 e. The molecule has 1 aliphatic rings. The van der Waals surface area contributed by atoms with Gasteiger partial charge in [0.2, 0.25) is 11.8 Å². The van der Waals surface area contributed by atoms with Crippen LogP contribution < -0.4 is 15.5 Å². The molecule has 32 heavy (non-hydrogen) atoms. The molecule has 3 aromatic rings. The SMILES string of the molecule is O=C(Nc1cccc(CNC(=O)C2CC(=O)N(c3ccc(Cl)cc3)C2)c1)c1ccncc1. The monoisotopic (exact) mass is 448 g/mol. The fourth-order valence-electron chi connectivity index (χ4n) is 3.55. The molecule has 1 fully saturated rings. The lowest BCUT2D eigenvalue weighted by Gasteiger charge is -2.17. The summed E-state index contributed by atoms with van der Waals surface area (Å²) in [7, 11) is 0. The molecule has 3 amide bonds. The molecule has 1 aromatic heterocycles. The van der Waals surface area contributed by atoms with Crippen LogP contribution in [0.4, 0.5) is 11.4 Å². The summed E-state index contributed by atoms with van der Waals surface area (Å²) in [5, 5.41) is 6.32. The molecule has 1 aliphatic heterocycles. The standard InChI is InChI=1S/C24H21ClN4O3/c25-19-4-6-21(7-5-19)29-15-18(13-22(29)30)23(31)27-14-16-2-1-3-20(12-16)28-24(32)17-8-10-26-11-9-17/h1-12,18H,13-15H2,(H,27,31)(H,28,32). The van der Waals surface area contributed by atoms with Crippen LogP contribution in [0, 0.1) is 5.92 Å². The van der Waals surface area contributed by atoms with Crippen molar-refractivity contribution in [2.75, 3.05) is 16.8 Å². The molecule has 2 heterocycles. The summed E-state index contributed by atoms with van der Waals surface area (Å²) >= 11 is 5.91. The number of rotatable bonds is 6. The summed E-state index contributed by atoms with van der Waals surface area (Å²) < 4.78 is 0. The largest absolute Gasteiger partial charge is 0.352 e. The fourth-order valence-corrected chi connectivity index (χ4v) is 3.68. The van der Waals surface area contributed by atoms with E-state index in [9.17, 15) is 14.4 Å². The molecule has 1 unspecified atom stereocenters. The number of anilines is 2. The molecular weight excluding hydrogens is 428 g/mol. The van der Waals surface area contributed by atoms with Crippen molar-refractivity contribution in [3.8, 4) is 0 Å². The number of carbonyl (C=O) groups is 3. The summed E-state index contributed by atoms with van der Waals surface area (Å²) in [4.78, 5) is 42.9. The van der Waals surface area contributed by atoms with Crippen LogP contribution in [-0.4, -0.2) is 29.3 Å². The Morgan fingerprint density at radius 2 is 1.81 bits per heavy atom. The number of carbonyl (C=O) groups excluding carboxylic acids is 3. The van der Waals surface area contributed by atoms with Crippen molar-refractivity contribution in [3.05, 3.63) is 89.2 Å². The minimum absolute atomic E-state index is 0.0895. The Bertz CT molecular complexity index is 1140. The first-order valence-electron chi connectivity index (χ1n) is 10.1. The molecular formula is C24H21ClN4O3. The molecule has 8 heteroatoms. The molecule has 162 valence electrons. The molecule has 2 aromatic carbocycles. The number of aromatic nitrogens is 1. The minimum Gasteiger partial charge on any atom is -0.352 e. The van der Waals surface area contributed by atoms with E-state index in [2.05, 4.69) is 15.6 Å². The molecule has 0 bridgehead atoms. The average molecular weight is 449 g/mol. The predicted octanol–water partition coefficient (Wildman–Crippen LogP) is 3.66. The molecule has 0 aliphatic carbocycles. The normalized spacial score (nSPS) is 15.5. The van der Waals surface area contributed by atoms with Gasteiger partial charge in [0.05, 0.1) is 5.92 Å². The predicted molar refractivity (Wildman–Crippen MR) is 122 cm³/mol. The van der Waals surface area contributed by atoms with Gasteiger partial charge in [0, 0.05) is 53.9 Å². The number of nitrogens with zero attached hydrogens (tertiary/aromatic N) is 2. The third-order valence-electron chi connectivity index (χ3n) is 5.23. The molecule has 1 atom stereocenters. The van der Waals surface area contributed by atoms with Crippen molar-refractivity contribution >= 4 is 40.7 Å². The zero-order valence-electron chi connectivity index (χ0n) is 17.1. The van der Waals surface area contributed by atoms with Gasteiger partial charge in [-0.3, -0.25) is 19.4 Å². The van der Waals surface area contributed by atoms with Crippen LogP contribution in [0.3, 0.4) is 0 Å². The molecule has 2 N–H and O–H groups in total. The van der Waals surface area contributed by atoms with Gasteiger partial charge >= 0.3 is 0 Å². The second kappa shape index (κ2) is 9.62. The summed E-state index contributed by atoms with van der Waals surface area (Å²) in [6.45, 7) is 0.623. The molecule has 0 spiro atoms. The first-order valence-corrected chi connectivity index (χ1v) is 10.5. The number of halogens is 1. The lowest BCUT2D eigenvalue weighted by molar-refractivity contribution is -0.126. The summed E-state index contributed by atoms with van der Waals surface area (Å²) in [6.07, 6.45) is 3.28. The van der Waals surface area contributed by atoms with E-state index in [4.69, 9.17) is 11.6 Å². The lowest BCUT2D eigenvalue weighted by atomic mass is 10.1. The van der Waals surface area contributed by atoms with Gasteiger partial charge in [0.15, 0.2) is 0 Å². The highest BCUT2D eigenvalue weighted by Gasteiger charge is 2.34. The first-order chi connectivity index (χ1) is 15.5. The van der Waals surface area contributed by atoms with Crippen LogP contribution >= 0.6 is 11.6 Å². The van der Waals surface area contributed by atoms with E-state index in [0.29, 0.717) is 29.4 Å². The van der Waals surface area contributed by atoms with E-state index in [1.807, 2.05) is 12.1 Å². The molecule has 0 saturated carbocycles. The quantitative estimate of drug-likeness (QED) is 0.602. The third kappa shape index (κ3) is 5.12. The number of pyridine rings is 1. The topological polar surface area (TPSA) is 91.4 Å². The Labute approximate surface area is 190 Å². The van der Waals surface area contributed by atoms with Gasteiger partial charge in [-0.2, -0.15) is 0 Å². The number of hydrogen-bond acceptors (Lipinski definition) is 4. The van der Waals surface area contributed by atoms with Gasteiger partial charge < -0.3 is 15.5 Å². The van der Waals surface area contributed by atoms with Crippen molar-refractivity contribution in [1.82, 2.24) is 10.3 Å². The molecule has 4 rings (SSSR count). The number of benzene rings is 2. The third-order valence-corrected chi connectivity index (χ3v) is 5.48. The number of amides is 3.